The minimum Gasteiger partial charge on any atom is -0.341 e. The molecule has 1 heterocycles. The van der Waals surface area contributed by atoms with Crippen molar-refractivity contribution in [2.75, 3.05) is 0 Å². The third-order valence-corrected chi connectivity index (χ3v) is 6.59. The van der Waals surface area contributed by atoms with Crippen LogP contribution in [0.1, 0.15) is 6.92 Å². The molecule has 0 saturated carbocycles. The topological polar surface area (TPSA) is 4.93 Å². The van der Waals surface area contributed by atoms with E-state index in [0.717, 1.165) is 6.54 Å². The Morgan fingerprint density at radius 1 is 0.424 bits per heavy atom. The predicted molar refractivity (Wildman–Crippen MR) is 141 cm³/mol. The molecule has 0 aliphatic rings. The molecule has 0 spiro atoms. The van der Waals surface area contributed by atoms with Crippen LogP contribution >= 0.6 is 0 Å². The van der Waals surface area contributed by atoms with Crippen LogP contribution < -0.4 is 0 Å². The van der Waals surface area contributed by atoms with Crippen LogP contribution in [0.2, 0.25) is 0 Å². The van der Waals surface area contributed by atoms with E-state index in [9.17, 15) is 0 Å². The van der Waals surface area contributed by atoms with Crippen molar-refractivity contribution in [2.45, 2.75) is 13.5 Å². The van der Waals surface area contributed by atoms with Crippen molar-refractivity contribution in [3.05, 3.63) is 121 Å². The van der Waals surface area contributed by atoms with Crippen LogP contribution in [0.4, 0.5) is 0 Å². The van der Waals surface area contributed by atoms with E-state index in [1.54, 1.807) is 0 Å². The number of hydrogen-bond acceptors (Lipinski definition) is 0. The van der Waals surface area contributed by atoms with Gasteiger partial charge in [-0.25, -0.2) is 0 Å². The van der Waals surface area contributed by atoms with Gasteiger partial charge in [0.2, 0.25) is 0 Å². The van der Waals surface area contributed by atoms with Gasteiger partial charge in [0.1, 0.15) is 0 Å². The van der Waals surface area contributed by atoms with Crippen LogP contribution in [0.3, 0.4) is 0 Å². The lowest BCUT2D eigenvalue weighted by molar-refractivity contribution is 0.827. The summed E-state index contributed by atoms with van der Waals surface area (Å²) in [6, 6.07) is 43.9. The molecule has 0 radical (unpaired) electrons. The quantitative estimate of drug-likeness (QED) is 0.267. The van der Waals surface area contributed by atoms with E-state index in [2.05, 4.69) is 133 Å². The number of benzene rings is 5. The van der Waals surface area contributed by atoms with E-state index in [1.165, 1.54) is 55.2 Å². The van der Waals surface area contributed by atoms with E-state index in [-0.39, 0.29) is 0 Å². The Labute approximate surface area is 194 Å². The van der Waals surface area contributed by atoms with Gasteiger partial charge in [-0.2, -0.15) is 0 Å². The van der Waals surface area contributed by atoms with Crippen LogP contribution in [0.15, 0.2) is 121 Å². The summed E-state index contributed by atoms with van der Waals surface area (Å²) in [6.45, 7) is 3.18. The standard InChI is InChI=1S/C32H25N/c1-2-33-31-18-16-27(24-12-7-4-8-13-24)21-29(31)30-22-28(17-19-32(30)33)26-15-9-14-25(20-26)23-10-5-3-6-11-23/h3-22H,2H2,1H3. The van der Waals surface area contributed by atoms with Gasteiger partial charge in [-0.3, -0.25) is 0 Å². The number of aromatic nitrogens is 1. The summed E-state index contributed by atoms with van der Waals surface area (Å²) in [5.74, 6) is 0. The lowest BCUT2D eigenvalue weighted by atomic mass is 9.97. The molecule has 1 nitrogen and oxygen atoms in total. The lowest BCUT2D eigenvalue weighted by Gasteiger charge is -2.07. The lowest BCUT2D eigenvalue weighted by Crippen LogP contribution is -1.92. The minimum absolute atomic E-state index is 0.952. The van der Waals surface area contributed by atoms with Crippen molar-refractivity contribution in [2.24, 2.45) is 0 Å². The molecule has 0 bridgehead atoms. The summed E-state index contributed by atoms with van der Waals surface area (Å²) >= 11 is 0. The van der Waals surface area contributed by atoms with Gasteiger partial charge in [0, 0.05) is 28.4 Å². The maximum Gasteiger partial charge on any atom is 0.0491 e. The van der Waals surface area contributed by atoms with Crippen molar-refractivity contribution in [3.8, 4) is 33.4 Å². The fourth-order valence-corrected chi connectivity index (χ4v) is 4.94. The Bertz CT molecular complexity index is 1570. The molecule has 0 fully saturated rings. The highest BCUT2D eigenvalue weighted by Gasteiger charge is 2.12. The maximum atomic E-state index is 2.42. The molecular formula is C32H25N. The SMILES string of the molecule is CCn1c2ccc(-c3ccccc3)cc2c2cc(-c3cccc(-c4ccccc4)c3)ccc21. The predicted octanol–water partition coefficient (Wildman–Crippen LogP) is 8.82. The van der Waals surface area contributed by atoms with Gasteiger partial charge in [0.15, 0.2) is 0 Å². The number of rotatable bonds is 4. The largest absolute Gasteiger partial charge is 0.341 e. The van der Waals surface area contributed by atoms with Crippen LogP contribution in [-0.2, 0) is 6.54 Å². The van der Waals surface area contributed by atoms with Gasteiger partial charge >= 0.3 is 0 Å². The van der Waals surface area contributed by atoms with Gasteiger partial charge in [0.25, 0.3) is 0 Å². The molecule has 6 aromatic rings. The highest BCUT2D eigenvalue weighted by Crippen LogP contribution is 2.36. The number of nitrogens with zero attached hydrogens (tertiary/aromatic N) is 1. The molecule has 1 heteroatoms. The minimum atomic E-state index is 0.952. The highest BCUT2D eigenvalue weighted by molar-refractivity contribution is 6.10. The molecule has 0 saturated heterocycles. The van der Waals surface area contributed by atoms with Crippen LogP contribution in [0.25, 0.3) is 55.2 Å². The van der Waals surface area contributed by atoms with E-state index in [4.69, 9.17) is 0 Å². The fourth-order valence-electron chi connectivity index (χ4n) is 4.94. The van der Waals surface area contributed by atoms with Gasteiger partial charge < -0.3 is 4.57 Å². The second-order valence-electron chi connectivity index (χ2n) is 8.52. The van der Waals surface area contributed by atoms with Crippen molar-refractivity contribution in [1.82, 2.24) is 4.57 Å². The van der Waals surface area contributed by atoms with Gasteiger partial charge in [-0.1, -0.05) is 91.0 Å². The molecule has 5 aromatic carbocycles. The maximum absolute atomic E-state index is 2.42. The van der Waals surface area contributed by atoms with Crippen molar-refractivity contribution >= 4 is 21.8 Å². The monoisotopic (exact) mass is 423 g/mol. The van der Waals surface area contributed by atoms with Crippen molar-refractivity contribution < 1.29 is 0 Å². The van der Waals surface area contributed by atoms with E-state index in [1.807, 2.05) is 0 Å². The summed E-state index contributed by atoms with van der Waals surface area (Å²) in [5.41, 5.74) is 10.1. The third kappa shape index (κ3) is 3.43. The molecule has 0 aliphatic carbocycles. The summed E-state index contributed by atoms with van der Waals surface area (Å²) < 4.78 is 2.42. The zero-order chi connectivity index (χ0) is 22.2. The molecule has 0 atom stereocenters. The summed E-state index contributed by atoms with van der Waals surface area (Å²) in [6.07, 6.45) is 0. The second kappa shape index (κ2) is 8.11. The second-order valence-corrected chi connectivity index (χ2v) is 8.52. The third-order valence-electron chi connectivity index (χ3n) is 6.59. The Balaban J connectivity index is 1.53. The smallest absolute Gasteiger partial charge is 0.0491 e. The summed E-state index contributed by atoms with van der Waals surface area (Å²) in [5, 5.41) is 2.63. The summed E-state index contributed by atoms with van der Waals surface area (Å²) in [7, 11) is 0. The Hall–Kier alpha value is -4.10. The Kier molecular flexibility index (Phi) is 4.81. The molecule has 33 heavy (non-hydrogen) atoms. The van der Waals surface area contributed by atoms with Crippen molar-refractivity contribution in [1.29, 1.82) is 0 Å². The highest BCUT2D eigenvalue weighted by atomic mass is 15.0. The normalized spacial score (nSPS) is 11.3. The van der Waals surface area contributed by atoms with Crippen LogP contribution in [0.5, 0.6) is 0 Å². The first-order chi connectivity index (χ1) is 16.3. The summed E-state index contributed by atoms with van der Waals surface area (Å²) in [4.78, 5) is 0. The van der Waals surface area contributed by atoms with E-state index >= 15 is 0 Å². The molecule has 0 unspecified atom stereocenters. The molecule has 0 aliphatic heterocycles. The van der Waals surface area contributed by atoms with Gasteiger partial charge in [0.05, 0.1) is 0 Å². The zero-order valence-corrected chi connectivity index (χ0v) is 18.7. The first kappa shape index (κ1) is 19.6. The zero-order valence-electron chi connectivity index (χ0n) is 18.7. The number of aryl methyl sites for hydroxylation is 1. The first-order valence-corrected chi connectivity index (χ1v) is 11.6. The van der Waals surface area contributed by atoms with E-state index < -0.39 is 0 Å². The molecule has 0 N–H and O–H groups in total. The Morgan fingerprint density at radius 2 is 0.848 bits per heavy atom. The molecule has 0 amide bonds. The number of fused-ring (bicyclic) bond motifs is 3. The van der Waals surface area contributed by atoms with Gasteiger partial charge in [-0.05, 0) is 70.6 Å². The van der Waals surface area contributed by atoms with Crippen LogP contribution in [0, 0.1) is 0 Å². The fraction of sp³-hybridized carbons (Fsp3) is 0.0625. The molecule has 6 rings (SSSR count). The molecule has 158 valence electrons. The Morgan fingerprint density at radius 3 is 1.36 bits per heavy atom. The molecule has 1 aromatic heterocycles. The molecular weight excluding hydrogens is 398 g/mol. The average Bonchev–Trinajstić information content (AvgIpc) is 3.22. The van der Waals surface area contributed by atoms with Crippen molar-refractivity contribution in [3.63, 3.8) is 0 Å². The number of hydrogen-bond donors (Lipinski definition) is 0. The van der Waals surface area contributed by atoms with E-state index in [0.29, 0.717) is 0 Å². The first-order valence-electron chi connectivity index (χ1n) is 11.6. The average molecular weight is 424 g/mol. The van der Waals surface area contributed by atoms with Crippen LogP contribution in [-0.4, -0.2) is 4.57 Å². The van der Waals surface area contributed by atoms with Gasteiger partial charge in [-0.15, -0.1) is 0 Å².